The molecular formula is C14H30IN3. The van der Waals surface area contributed by atoms with Gasteiger partial charge in [0.15, 0.2) is 5.96 Å². The molecule has 3 nitrogen and oxygen atoms in total. The molecule has 0 aromatic carbocycles. The van der Waals surface area contributed by atoms with Crippen molar-refractivity contribution in [3.8, 4) is 0 Å². The maximum atomic E-state index is 4.83. The predicted octanol–water partition coefficient (Wildman–Crippen LogP) is 3.44. The molecule has 1 rings (SSSR count). The molecule has 0 radical (unpaired) electrons. The average Bonchev–Trinajstić information content (AvgIpc) is 2.42. The van der Waals surface area contributed by atoms with E-state index in [-0.39, 0.29) is 24.0 Å². The van der Waals surface area contributed by atoms with E-state index in [0.717, 1.165) is 12.5 Å². The standard InChI is InChI=1S/C14H29N3.HI/c1-14(10-8-6-7-9-11-14)12-15-13(16(2)3)17(4)5;/h6-12H2,1-5H3;1H. The Kier molecular flexibility index (Phi) is 8.23. The van der Waals surface area contributed by atoms with Crippen molar-refractivity contribution in [3.05, 3.63) is 0 Å². The summed E-state index contributed by atoms with van der Waals surface area (Å²) in [5.74, 6) is 1.08. The number of guanidine groups is 1. The van der Waals surface area contributed by atoms with Gasteiger partial charge in [-0.15, -0.1) is 24.0 Å². The molecule has 4 heteroatoms. The van der Waals surface area contributed by atoms with Gasteiger partial charge >= 0.3 is 0 Å². The van der Waals surface area contributed by atoms with E-state index in [1.54, 1.807) is 0 Å². The molecule has 0 aromatic rings. The molecule has 0 heterocycles. The van der Waals surface area contributed by atoms with Gasteiger partial charge in [-0.05, 0) is 18.3 Å². The first-order chi connectivity index (χ1) is 7.94. The lowest BCUT2D eigenvalue weighted by atomic mass is 9.83. The summed E-state index contributed by atoms with van der Waals surface area (Å²) < 4.78 is 0. The lowest BCUT2D eigenvalue weighted by Gasteiger charge is -2.29. The molecule has 1 aliphatic rings. The molecule has 0 atom stereocenters. The maximum absolute atomic E-state index is 4.83. The predicted molar refractivity (Wildman–Crippen MR) is 90.9 cm³/mol. The van der Waals surface area contributed by atoms with Crippen LogP contribution in [-0.4, -0.2) is 50.5 Å². The summed E-state index contributed by atoms with van der Waals surface area (Å²) in [6.07, 6.45) is 8.26. The zero-order chi connectivity index (χ0) is 12.9. The van der Waals surface area contributed by atoms with Crippen molar-refractivity contribution in [1.82, 2.24) is 9.80 Å². The smallest absolute Gasteiger partial charge is 0.195 e. The Morgan fingerprint density at radius 2 is 1.39 bits per heavy atom. The number of aliphatic imine (C=N–C) groups is 1. The number of halogens is 1. The van der Waals surface area contributed by atoms with Gasteiger partial charge in [-0.2, -0.15) is 0 Å². The van der Waals surface area contributed by atoms with Crippen molar-refractivity contribution < 1.29 is 0 Å². The van der Waals surface area contributed by atoms with E-state index in [1.165, 1.54) is 38.5 Å². The van der Waals surface area contributed by atoms with Crippen molar-refractivity contribution in [3.63, 3.8) is 0 Å². The lowest BCUT2D eigenvalue weighted by Crippen LogP contribution is -2.36. The topological polar surface area (TPSA) is 18.8 Å². The highest BCUT2D eigenvalue weighted by Gasteiger charge is 2.25. The van der Waals surface area contributed by atoms with E-state index in [9.17, 15) is 0 Å². The fraction of sp³-hybridized carbons (Fsp3) is 0.929. The Morgan fingerprint density at radius 1 is 0.944 bits per heavy atom. The highest BCUT2D eigenvalue weighted by atomic mass is 127. The van der Waals surface area contributed by atoms with E-state index in [1.807, 2.05) is 0 Å². The van der Waals surface area contributed by atoms with Gasteiger partial charge in [0, 0.05) is 34.7 Å². The second kappa shape index (κ2) is 8.23. The van der Waals surface area contributed by atoms with Gasteiger partial charge in [0.2, 0.25) is 0 Å². The van der Waals surface area contributed by atoms with Crippen molar-refractivity contribution >= 4 is 29.9 Å². The van der Waals surface area contributed by atoms with Crippen LogP contribution in [0.2, 0.25) is 0 Å². The van der Waals surface area contributed by atoms with E-state index in [4.69, 9.17) is 4.99 Å². The summed E-state index contributed by atoms with van der Waals surface area (Å²) in [7, 11) is 8.25. The van der Waals surface area contributed by atoms with E-state index in [2.05, 4.69) is 44.9 Å². The van der Waals surface area contributed by atoms with E-state index < -0.39 is 0 Å². The van der Waals surface area contributed by atoms with Crippen LogP contribution in [0, 0.1) is 5.41 Å². The second-order valence-electron chi connectivity index (χ2n) is 6.13. The van der Waals surface area contributed by atoms with Crippen LogP contribution >= 0.6 is 24.0 Å². The van der Waals surface area contributed by atoms with Crippen molar-refractivity contribution in [2.24, 2.45) is 10.4 Å². The molecule has 0 N–H and O–H groups in total. The summed E-state index contributed by atoms with van der Waals surface area (Å²) in [5, 5.41) is 0. The Morgan fingerprint density at radius 3 is 1.78 bits per heavy atom. The molecule has 0 amide bonds. The minimum Gasteiger partial charge on any atom is -0.349 e. The maximum Gasteiger partial charge on any atom is 0.195 e. The Balaban J connectivity index is 0.00000289. The summed E-state index contributed by atoms with van der Waals surface area (Å²) in [5.41, 5.74) is 0.424. The van der Waals surface area contributed by atoms with Gasteiger partial charge in [0.05, 0.1) is 0 Å². The highest BCUT2D eigenvalue weighted by molar-refractivity contribution is 14.0. The number of hydrogen-bond acceptors (Lipinski definition) is 1. The summed E-state index contributed by atoms with van der Waals surface area (Å²) >= 11 is 0. The molecule has 18 heavy (non-hydrogen) atoms. The first-order valence-corrected chi connectivity index (χ1v) is 6.84. The van der Waals surface area contributed by atoms with Crippen LogP contribution in [-0.2, 0) is 0 Å². The number of nitrogens with zero attached hydrogens (tertiary/aromatic N) is 3. The summed E-state index contributed by atoms with van der Waals surface area (Å²) in [4.78, 5) is 9.02. The molecule has 0 aromatic heterocycles. The summed E-state index contributed by atoms with van der Waals surface area (Å²) in [6.45, 7) is 3.38. The molecule has 0 aliphatic heterocycles. The largest absolute Gasteiger partial charge is 0.349 e. The lowest BCUT2D eigenvalue weighted by molar-refractivity contribution is 0.287. The van der Waals surface area contributed by atoms with Gasteiger partial charge in [-0.3, -0.25) is 4.99 Å². The zero-order valence-electron chi connectivity index (χ0n) is 12.7. The van der Waals surface area contributed by atoms with Crippen LogP contribution < -0.4 is 0 Å². The first kappa shape index (κ1) is 18.0. The minimum atomic E-state index is 0. The van der Waals surface area contributed by atoms with Crippen molar-refractivity contribution in [2.45, 2.75) is 45.4 Å². The number of hydrogen-bond donors (Lipinski definition) is 0. The molecule has 1 aliphatic carbocycles. The molecular weight excluding hydrogens is 337 g/mol. The van der Waals surface area contributed by atoms with Crippen molar-refractivity contribution in [2.75, 3.05) is 34.7 Å². The highest BCUT2D eigenvalue weighted by Crippen LogP contribution is 2.34. The molecule has 0 saturated heterocycles. The monoisotopic (exact) mass is 367 g/mol. The van der Waals surface area contributed by atoms with Gasteiger partial charge in [0.1, 0.15) is 0 Å². The second-order valence-corrected chi connectivity index (χ2v) is 6.13. The van der Waals surface area contributed by atoms with Gasteiger partial charge < -0.3 is 9.80 Å². The third kappa shape index (κ3) is 5.76. The molecule has 0 spiro atoms. The zero-order valence-corrected chi connectivity index (χ0v) is 15.0. The first-order valence-electron chi connectivity index (χ1n) is 6.84. The summed E-state index contributed by atoms with van der Waals surface area (Å²) in [6, 6.07) is 0. The minimum absolute atomic E-state index is 0. The van der Waals surface area contributed by atoms with Crippen LogP contribution in [0.4, 0.5) is 0 Å². The van der Waals surface area contributed by atoms with E-state index >= 15 is 0 Å². The van der Waals surface area contributed by atoms with Crippen molar-refractivity contribution in [1.29, 1.82) is 0 Å². The third-order valence-electron chi connectivity index (χ3n) is 3.71. The van der Waals surface area contributed by atoms with Gasteiger partial charge in [0.25, 0.3) is 0 Å². The fourth-order valence-corrected chi connectivity index (χ4v) is 2.68. The molecule has 0 bridgehead atoms. The molecule has 108 valence electrons. The SMILES string of the molecule is CN(C)C(=NCC1(C)CCCCCC1)N(C)C.I. The Labute approximate surface area is 130 Å². The molecule has 1 saturated carbocycles. The molecule has 0 unspecified atom stereocenters. The van der Waals surface area contributed by atoms with Gasteiger partial charge in [-0.25, -0.2) is 0 Å². The number of rotatable bonds is 2. The van der Waals surface area contributed by atoms with Crippen LogP contribution in [0.3, 0.4) is 0 Å². The Hall–Kier alpha value is 0. The third-order valence-corrected chi connectivity index (χ3v) is 3.71. The average molecular weight is 367 g/mol. The molecule has 1 fully saturated rings. The van der Waals surface area contributed by atoms with Gasteiger partial charge in [-0.1, -0.05) is 32.6 Å². The van der Waals surface area contributed by atoms with Crippen LogP contribution in [0.25, 0.3) is 0 Å². The quantitative estimate of drug-likeness (QED) is 0.322. The van der Waals surface area contributed by atoms with Crippen LogP contribution in [0.5, 0.6) is 0 Å². The van der Waals surface area contributed by atoms with Crippen LogP contribution in [0.15, 0.2) is 4.99 Å². The Bertz CT molecular complexity index is 244. The van der Waals surface area contributed by atoms with E-state index in [0.29, 0.717) is 5.41 Å². The van der Waals surface area contributed by atoms with Crippen LogP contribution in [0.1, 0.15) is 45.4 Å². The fourth-order valence-electron chi connectivity index (χ4n) is 2.68. The normalized spacial score (nSPS) is 18.3.